The van der Waals surface area contributed by atoms with E-state index in [0.29, 0.717) is 11.4 Å². The summed E-state index contributed by atoms with van der Waals surface area (Å²) < 4.78 is 0. The largest absolute Gasteiger partial charge is 0.333 e. The Morgan fingerprint density at radius 1 is 1.00 bits per heavy atom. The van der Waals surface area contributed by atoms with E-state index < -0.39 is 11.6 Å². The van der Waals surface area contributed by atoms with Gasteiger partial charge in [-0.2, -0.15) is 4.98 Å². The van der Waals surface area contributed by atoms with Crippen molar-refractivity contribution >= 4 is 34.5 Å². The van der Waals surface area contributed by atoms with Gasteiger partial charge in [-0.15, -0.1) is 0 Å². The number of carbonyl (C=O) groups excluding carboxylic acids is 1. The number of para-hydroxylation sites is 2. The molecule has 2 amide bonds. The molecular formula is C18H13N6O2. The van der Waals surface area contributed by atoms with Gasteiger partial charge in [0, 0.05) is 0 Å². The predicted octanol–water partition coefficient (Wildman–Crippen LogP) is 2.82. The van der Waals surface area contributed by atoms with E-state index in [1.54, 1.807) is 0 Å². The molecule has 0 atom stereocenters. The van der Waals surface area contributed by atoms with Crippen LogP contribution in [0.25, 0.3) is 11.2 Å². The third-order valence-corrected chi connectivity index (χ3v) is 3.70. The van der Waals surface area contributed by atoms with Crippen molar-refractivity contribution in [1.29, 1.82) is 0 Å². The number of hydrogen-bond donors (Lipinski definition) is 3. The Labute approximate surface area is 147 Å². The average Bonchev–Trinajstić information content (AvgIpc) is 3.13. The number of H-pyrrole nitrogens is 2. The fourth-order valence-corrected chi connectivity index (χ4v) is 2.55. The Bertz CT molecular complexity index is 1070. The zero-order valence-electron chi connectivity index (χ0n) is 13.4. The first-order valence-electron chi connectivity index (χ1n) is 7.79. The van der Waals surface area contributed by atoms with Crippen molar-refractivity contribution < 1.29 is 4.79 Å². The van der Waals surface area contributed by atoms with Gasteiger partial charge >= 0.3 is 6.03 Å². The van der Waals surface area contributed by atoms with E-state index >= 15 is 0 Å². The topological polar surface area (TPSA) is 107 Å². The number of nitrogens with one attached hydrogen (secondary N) is 3. The van der Waals surface area contributed by atoms with Crippen LogP contribution in [0.5, 0.6) is 0 Å². The van der Waals surface area contributed by atoms with Crippen LogP contribution in [0.3, 0.4) is 0 Å². The average molecular weight is 345 g/mol. The normalized spacial score (nSPS) is 10.6. The number of nitrogens with zero attached hydrogens (tertiary/aromatic N) is 3. The number of rotatable bonds is 3. The Morgan fingerprint density at radius 3 is 2.23 bits per heavy atom. The van der Waals surface area contributed by atoms with E-state index in [1.165, 1.54) is 4.90 Å². The highest BCUT2D eigenvalue weighted by Crippen LogP contribution is 2.25. The van der Waals surface area contributed by atoms with Crippen LogP contribution in [0.2, 0.25) is 0 Å². The molecule has 0 saturated carbocycles. The number of urea groups is 1. The molecule has 8 nitrogen and oxygen atoms in total. The molecule has 0 unspecified atom stereocenters. The maximum atomic E-state index is 12.9. The highest BCUT2D eigenvalue weighted by molar-refractivity contribution is 6.06. The quantitative estimate of drug-likeness (QED) is 0.531. The Morgan fingerprint density at radius 2 is 1.62 bits per heavy atom. The molecule has 4 rings (SSSR count). The second-order valence-corrected chi connectivity index (χ2v) is 5.40. The van der Waals surface area contributed by atoms with Gasteiger partial charge in [0.1, 0.15) is 0 Å². The van der Waals surface area contributed by atoms with Gasteiger partial charge in [-0.25, -0.2) is 9.78 Å². The second kappa shape index (κ2) is 6.52. The van der Waals surface area contributed by atoms with E-state index in [-0.39, 0.29) is 17.1 Å². The van der Waals surface area contributed by atoms with Crippen LogP contribution < -0.4 is 15.8 Å². The molecule has 3 N–H and O–H groups in total. The minimum atomic E-state index is -0.468. The van der Waals surface area contributed by atoms with Crippen LogP contribution in [-0.4, -0.2) is 26.0 Å². The van der Waals surface area contributed by atoms with Crippen LogP contribution in [-0.2, 0) is 0 Å². The summed E-state index contributed by atoms with van der Waals surface area (Å²) in [6.45, 7) is 0. The summed E-state index contributed by atoms with van der Waals surface area (Å²) in [6.07, 6.45) is 2.45. The third kappa shape index (κ3) is 2.91. The lowest BCUT2D eigenvalue weighted by Gasteiger charge is -2.23. The molecule has 26 heavy (non-hydrogen) atoms. The van der Waals surface area contributed by atoms with Crippen molar-refractivity contribution in [3.63, 3.8) is 0 Å². The number of fused-ring (bicyclic) bond motifs is 1. The number of aromatic nitrogens is 4. The number of aromatic amines is 2. The minimum Gasteiger partial charge on any atom is -0.329 e. The summed E-state index contributed by atoms with van der Waals surface area (Å²) in [5.74, 6) is 0.00450. The molecular weight excluding hydrogens is 332 g/mol. The van der Waals surface area contributed by atoms with Crippen LogP contribution in [0, 0.1) is 6.33 Å². The van der Waals surface area contributed by atoms with Crippen molar-refractivity contribution in [2.45, 2.75) is 0 Å². The van der Waals surface area contributed by atoms with Crippen molar-refractivity contribution in [2.75, 3.05) is 10.2 Å². The Balaban J connectivity index is 1.71. The van der Waals surface area contributed by atoms with Gasteiger partial charge in [0.2, 0.25) is 5.95 Å². The summed E-state index contributed by atoms with van der Waals surface area (Å²) >= 11 is 0. The van der Waals surface area contributed by atoms with Gasteiger partial charge in [-0.3, -0.25) is 20.0 Å². The van der Waals surface area contributed by atoms with Gasteiger partial charge in [0.15, 0.2) is 17.5 Å². The van der Waals surface area contributed by atoms with Crippen LogP contribution in [0.15, 0.2) is 65.5 Å². The monoisotopic (exact) mass is 345 g/mol. The van der Waals surface area contributed by atoms with Crippen molar-refractivity contribution in [2.24, 2.45) is 0 Å². The van der Waals surface area contributed by atoms with Crippen LogP contribution in [0.1, 0.15) is 0 Å². The zero-order valence-corrected chi connectivity index (χ0v) is 13.4. The fraction of sp³-hybridized carbons (Fsp3) is 0. The summed E-state index contributed by atoms with van der Waals surface area (Å²) in [6, 6.07) is 17.9. The molecule has 2 heterocycles. The first-order chi connectivity index (χ1) is 12.7. The molecule has 0 aliphatic heterocycles. The molecule has 127 valence electrons. The maximum Gasteiger partial charge on any atom is 0.333 e. The predicted molar refractivity (Wildman–Crippen MR) is 97.4 cm³/mol. The van der Waals surface area contributed by atoms with Gasteiger partial charge < -0.3 is 4.98 Å². The number of amides is 2. The molecule has 0 spiro atoms. The van der Waals surface area contributed by atoms with E-state index in [0.717, 1.165) is 0 Å². The van der Waals surface area contributed by atoms with Crippen LogP contribution in [0.4, 0.5) is 22.1 Å². The fourth-order valence-electron chi connectivity index (χ4n) is 2.55. The zero-order chi connectivity index (χ0) is 17.9. The van der Waals surface area contributed by atoms with E-state index in [2.05, 4.69) is 31.6 Å². The molecule has 0 saturated heterocycles. The Hall–Kier alpha value is -3.94. The number of benzene rings is 2. The van der Waals surface area contributed by atoms with Gasteiger partial charge in [-0.1, -0.05) is 36.4 Å². The standard InChI is InChI=1S/C18H13N6O2/c25-16-14-15(20-11-19-14)21-17(22-16)23-18(26)24(12-7-3-1-4-8-12)13-9-5-2-6-10-13/h1-10H,(H3,19,20,21,22,23,25,26). The molecule has 0 aliphatic rings. The lowest BCUT2D eigenvalue weighted by Crippen LogP contribution is -2.32. The summed E-state index contributed by atoms with van der Waals surface area (Å²) in [5.41, 5.74) is 1.28. The van der Waals surface area contributed by atoms with Crippen molar-refractivity contribution in [3.05, 3.63) is 77.3 Å². The number of hydrogen-bond acceptors (Lipinski definition) is 4. The lowest BCUT2D eigenvalue weighted by atomic mass is 10.2. The number of imidazole rings is 1. The van der Waals surface area contributed by atoms with Gasteiger partial charge in [0.05, 0.1) is 11.4 Å². The molecule has 2 aromatic carbocycles. The second-order valence-electron chi connectivity index (χ2n) is 5.40. The molecule has 2 aromatic heterocycles. The smallest absolute Gasteiger partial charge is 0.329 e. The molecule has 0 bridgehead atoms. The van der Waals surface area contributed by atoms with Crippen molar-refractivity contribution in [1.82, 2.24) is 19.9 Å². The SMILES string of the molecule is O=C(Nc1nc2n[c][nH]c2c(=O)[nH]1)N(c1ccccc1)c1ccccc1. The van der Waals surface area contributed by atoms with E-state index in [9.17, 15) is 9.59 Å². The number of anilines is 3. The van der Waals surface area contributed by atoms with Gasteiger partial charge in [-0.05, 0) is 24.3 Å². The van der Waals surface area contributed by atoms with E-state index in [4.69, 9.17) is 0 Å². The maximum absolute atomic E-state index is 12.9. The lowest BCUT2D eigenvalue weighted by molar-refractivity contribution is 0.259. The summed E-state index contributed by atoms with van der Waals surface area (Å²) in [5, 5.41) is 2.61. The molecule has 1 radical (unpaired) electrons. The molecule has 4 aromatic rings. The molecule has 8 heteroatoms. The minimum absolute atomic E-state index is 0.00450. The molecule has 0 aliphatic carbocycles. The summed E-state index contributed by atoms with van der Waals surface area (Å²) in [4.78, 5) is 39.4. The molecule has 0 fully saturated rings. The Kier molecular flexibility index (Phi) is 3.91. The number of carbonyl (C=O) groups is 1. The first-order valence-corrected chi connectivity index (χ1v) is 7.79. The third-order valence-electron chi connectivity index (χ3n) is 3.70. The van der Waals surface area contributed by atoms with Gasteiger partial charge in [0.25, 0.3) is 5.56 Å². The van der Waals surface area contributed by atoms with Crippen LogP contribution >= 0.6 is 0 Å². The first kappa shape index (κ1) is 15.6. The van der Waals surface area contributed by atoms with Crippen molar-refractivity contribution in [3.8, 4) is 0 Å². The highest BCUT2D eigenvalue weighted by atomic mass is 16.2. The highest BCUT2D eigenvalue weighted by Gasteiger charge is 2.19. The van der Waals surface area contributed by atoms with E-state index in [1.807, 2.05) is 60.7 Å². The summed E-state index contributed by atoms with van der Waals surface area (Å²) in [7, 11) is 0.